The van der Waals surface area contributed by atoms with Crippen LogP contribution in [0.25, 0.3) is 0 Å². The number of carbonyl (C=O) groups is 2. The fraction of sp³-hybridized carbons (Fsp3) is 0.143. The average molecular weight is 290 g/mol. The molecule has 6 heteroatoms. The van der Waals surface area contributed by atoms with Gasteiger partial charge in [0, 0.05) is 15.4 Å². The van der Waals surface area contributed by atoms with Crippen molar-refractivity contribution in [1.82, 2.24) is 5.32 Å². The van der Waals surface area contributed by atoms with Gasteiger partial charge in [-0.25, -0.2) is 9.59 Å². The van der Waals surface area contributed by atoms with Crippen LogP contribution < -0.4 is 10.6 Å². The normalized spacial score (nSPS) is 10.1. The quantitative estimate of drug-likeness (QED) is 0.809. The van der Waals surface area contributed by atoms with Crippen molar-refractivity contribution < 1.29 is 14.7 Å². The maximum Gasteiger partial charge on any atom is 0.335 e. The molecular weight excluding hydrogens is 276 g/mol. The Morgan fingerprint density at radius 2 is 1.85 bits per heavy atom. The largest absolute Gasteiger partial charge is 0.478 e. The number of carbonyl (C=O) groups excluding carboxylic acids is 1. The van der Waals surface area contributed by atoms with Crippen LogP contribution in [0, 0.1) is 6.92 Å². The lowest BCUT2D eigenvalue weighted by molar-refractivity contribution is 0.0697. The number of urea groups is 1. The highest BCUT2D eigenvalue weighted by Crippen LogP contribution is 2.14. The number of benzene rings is 1. The standard InChI is InChI=1S/C14H14N2O3S/c1-9-2-7-12(20-9)8-15-14(19)16-11-5-3-10(4-6-11)13(17)18/h2-7H,8H2,1H3,(H,17,18)(H2,15,16,19). The highest BCUT2D eigenvalue weighted by Gasteiger charge is 2.05. The molecule has 20 heavy (non-hydrogen) atoms. The average Bonchev–Trinajstić information content (AvgIpc) is 2.83. The molecule has 1 aromatic carbocycles. The smallest absolute Gasteiger partial charge is 0.335 e. The number of rotatable bonds is 4. The van der Waals surface area contributed by atoms with E-state index >= 15 is 0 Å². The number of hydrogen-bond donors (Lipinski definition) is 3. The Hall–Kier alpha value is -2.34. The third kappa shape index (κ3) is 3.83. The van der Waals surface area contributed by atoms with E-state index in [0.29, 0.717) is 12.2 Å². The molecule has 0 unspecified atom stereocenters. The van der Waals surface area contributed by atoms with Gasteiger partial charge in [-0.1, -0.05) is 0 Å². The summed E-state index contributed by atoms with van der Waals surface area (Å²) in [4.78, 5) is 24.7. The van der Waals surface area contributed by atoms with Gasteiger partial charge in [0.05, 0.1) is 12.1 Å². The summed E-state index contributed by atoms with van der Waals surface area (Å²) >= 11 is 1.63. The minimum atomic E-state index is -0.992. The Bertz CT molecular complexity index is 620. The van der Waals surface area contributed by atoms with Crippen LogP contribution in [0.4, 0.5) is 10.5 Å². The highest BCUT2D eigenvalue weighted by atomic mass is 32.1. The summed E-state index contributed by atoms with van der Waals surface area (Å²) in [5.41, 5.74) is 0.736. The number of amides is 2. The Balaban J connectivity index is 1.86. The lowest BCUT2D eigenvalue weighted by Gasteiger charge is -2.06. The molecular formula is C14H14N2O3S. The summed E-state index contributed by atoms with van der Waals surface area (Å²) in [5.74, 6) is -0.992. The first kappa shape index (κ1) is 14.1. The van der Waals surface area contributed by atoms with Gasteiger partial charge >= 0.3 is 12.0 Å². The van der Waals surface area contributed by atoms with E-state index in [0.717, 1.165) is 4.88 Å². The minimum Gasteiger partial charge on any atom is -0.478 e. The third-order valence-corrected chi connectivity index (χ3v) is 3.61. The van der Waals surface area contributed by atoms with E-state index in [-0.39, 0.29) is 11.6 Å². The number of carboxylic acids is 1. The number of thiophene rings is 1. The maximum atomic E-state index is 11.7. The summed E-state index contributed by atoms with van der Waals surface area (Å²) in [6, 6.07) is 9.66. The Morgan fingerprint density at radius 1 is 1.15 bits per heavy atom. The first-order valence-electron chi connectivity index (χ1n) is 5.98. The van der Waals surface area contributed by atoms with Crippen molar-refractivity contribution in [2.75, 3.05) is 5.32 Å². The Morgan fingerprint density at radius 3 is 2.40 bits per heavy atom. The fourth-order valence-corrected chi connectivity index (χ4v) is 2.45. The van der Waals surface area contributed by atoms with Gasteiger partial charge in [-0.2, -0.15) is 0 Å². The molecule has 5 nitrogen and oxygen atoms in total. The molecule has 2 rings (SSSR count). The van der Waals surface area contributed by atoms with E-state index in [1.165, 1.54) is 17.0 Å². The second-order valence-electron chi connectivity index (χ2n) is 4.20. The second-order valence-corrected chi connectivity index (χ2v) is 5.57. The van der Waals surface area contributed by atoms with Crippen molar-refractivity contribution in [3.8, 4) is 0 Å². The number of anilines is 1. The van der Waals surface area contributed by atoms with E-state index in [1.807, 2.05) is 19.1 Å². The number of aromatic carboxylic acids is 1. The maximum absolute atomic E-state index is 11.7. The molecule has 0 bridgehead atoms. The van der Waals surface area contributed by atoms with Gasteiger partial charge < -0.3 is 15.7 Å². The highest BCUT2D eigenvalue weighted by molar-refractivity contribution is 7.11. The Labute approximate surface area is 120 Å². The first-order valence-corrected chi connectivity index (χ1v) is 6.80. The topological polar surface area (TPSA) is 78.4 Å². The van der Waals surface area contributed by atoms with Gasteiger partial charge in [0.2, 0.25) is 0 Å². The molecule has 1 aromatic heterocycles. The zero-order valence-corrected chi connectivity index (χ0v) is 11.7. The lowest BCUT2D eigenvalue weighted by atomic mass is 10.2. The molecule has 0 spiro atoms. The number of nitrogens with one attached hydrogen (secondary N) is 2. The van der Waals surface area contributed by atoms with Crippen LogP contribution in [0.5, 0.6) is 0 Å². The summed E-state index contributed by atoms with van der Waals surface area (Å²) in [6.45, 7) is 2.48. The molecule has 0 aliphatic heterocycles. The monoisotopic (exact) mass is 290 g/mol. The predicted molar refractivity (Wildman–Crippen MR) is 78.3 cm³/mol. The third-order valence-electron chi connectivity index (χ3n) is 2.61. The van der Waals surface area contributed by atoms with Gasteiger partial charge in [0.1, 0.15) is 0 Å². The predicted octanol–water partition coefficient (Wildman–Crippen LogP) is 3.08. The van der Waals surface area contributed by atoms with Crippen molar-refractivity contribution in [2.24, 2.45) is 0 Å². The van der Waals surface area contributed by atoms with Crippen LogP contribution in [0.3, 0.4) is 0 Å². The molecule has 0 saturated heterocycles. The van der Waals surface area contributed by atoms with Crippen LogP contribution in [0.15, 0.2) is 36.4 Å². The van der Waals surface area contributed by atoms with Gasteiger partial charge in [0.25, 0.3) is 0 Å². The molecule has 104 valence electrons. The molecule has 0 aliphatic rings. The zero-order valence-electron chi connectivity index (χ0n) is 10.8. The van der Waals surface area contributed by atoms with Crippen LogP contribution in [0.1, 0.15) is 20.1 Å². The summed E-state index contributed by atoms with van der Waals surface area (Å²) < 4.78 is 0. The summed E-state index contributed by atoms with van der Waals surface area (Å²) in [7, 11) is 0. The van der Waals surface area contributed by atoms with E-state index in [1.54, 1.807) is 23.5 Å². The number of carboxylic acid groups (broad SMARTS) is 1. The van der Waals surface area contributed by atoms with E-state index in [2.05, 4.69) is 10.6 Å². The van der Waals surface area contributed by atoms with E-state index in [4.69, 9.17) is 5.11 Å². The van der Waals surface area contributed by atoms with Gasteiger partial charge in [0.15, 0.2) is 0 Å². The molecule has 0 saturated carbocycles. The summed E-state index contributed by atoms with van der Waals surface area (Å²) in [6.07, 6.45) is 0. The molecule has 3 N–H and O–H groups in total. The first-order chi connectivity index (χ1) is 9.54. The Kier molecular flexibility index (Phi) is 4.37. The zero-order chi connectivity index (χ0) is 14.5. The van der Waals surface area contributed by atoms with Gasteiger partial charge in [-0.05, 0) is 43.3 Å². The van der Waals surface area contributed by atoms with E-state index < -0.39 is 5.97 Å². The molecule has 0 aliphatic carbocycles. The number of aryl methyl sites for hydroxylation is 1. The van der Waals surface area contributed by atoms with Gasteiger partial charge in [-0.3, -0.25) is 0 Å². The SMILES string of the molecule is Cc1ccc(CNC(=O)Nc2ccc(C(=O)O)cc2)s1. The number of hydrogen-bond acceptors (Lipinski definition) is 3. The van der Waals surface area contributed by atoms with Crippen molar-refractivity contribution >= 4 is 29.0 Å². The van der Waals surface area contributed by atoms with Gasteiger partial charge in [-0.15, -0.1) is 11.3 Å². The molecule has 2 aromatic rings. The lowest BCUT2D eigenvalue weighted by Crippen LogP contribution is -2.27. The van der Waals surface area contributed by atoms with Crippen molar-refractivity contribution in [3.05, 3.63) is 51.7 Å². The second kappa shape index (κ2) is 6.21. The van der Waals surface area contributed by atoms with Crippen LogP contribution in [0.2, 0.25) is 0 Å². The minimum absolute atomic E-state index is 0.185. The molecule has 1 heterocycles. The van der Waals surface area contributed by atoms with Crippen LogP contribution >= 0.6 is 11.3 Å². The van der Waals surface area contributed by atoms with Crippen LogP contribution in [-0.2, 0) is 6.54 Å². The van der Waals surface area contributed by atoms with Crippen molar-refractivity contribution in [2.45, 2.75) is 13.5 Å². The van der Waals surface area contributed by atoms with Crippen molar-refractivity contribution in [3.63, 3.8) is 0 Å². The van der Waals surface area contributed by atoms with Crippen molar-refractivity contribution in [1.29, 1.82) is 0 Å². The molecule has 0 radical (unpaired) electrons. The molecule has 2 amide bonds. The fourth-order valence-electron chi connectivity index (χ4n) is 1.62. The molecule has 0 fully saturated rings. The molecule has 0 atom stereocenters. The van der Waals surface area contributed by atoms with Crippen LogP contribution in [-0.4, -0.2) is 17.1 Å². The van der Waals surface area contributed by atoms with E-state index in [9.17, 15) is 9.59 Å². The summed E-state index contributed by atoms with van der Waals surface area (Å²) in [5, 5.41) is 14.2.